The highest BCUT2D eigenvalue weighted by Gasteiger charge is 2.23. The van der Waals surface area contributed by atoms with Crippen molar-refractivity contribution < 1.29 is 19.1 Å². The van der Waals surface area contributed by atoms with Crippen molar-refractivity contribution in [3.05, 3.63) is 54.1 Å². The van der Waals surface area contributed by atoms with Gasteiger partial charge in [-0.3, -0.25) is 14.5 Å². The fourth-order valence-electron chi connectivity index (χ4n) is 3.87. The molecule has 0 saturated heterocycles. The Labute approximate surface area is 198 Å². The zero-order valence-electron chi connectivity index (χ0n) is 20.5. The summed E-state index contributed by atoms with van der Waals surface area (Å²) in [4.78, 5) is 28.3. The second-order valence-corrected chi connectivity index (χ2v) is 8.14. The summed E-state index contributed by atoms with van der Waals surface area (Å²) in [5.74, 6) is 0.553. The van der Waals surface area contributed by atoms with Gasteiger partial charge in [0.25, 0.3) is 0 Å². The van der Waals surface area contributed by atoms with Gasteiger partial charge >= 0.3 is 5.97 Å². The minimum absolute atomic E-state index is 0.212. The van der Waals surface area contributed by atoms with Crippen molar-refractivity contribution in [2.24, 2.45) is 0 Å². The third kappa shape index (κ3) is 8.30. The van der Waals surface area contributed by atoms with Crippen LogP contribution in [0.15, 0.2) is 54.1 Å². The number of unbranched alkanes of at least 4 members (excludes halogenated alkanes) is 1. The molecule has 6 nitrogen and oxygen atoms in total. The van der Waals surface area contributed by atoms with Crippen LogP contribution in [0.5, 0.6) is 5.75 Å². The van der Waals surface area contributed by atoms with Gasteiger partial charge in [0, 0.05) is 24.0 Å². The Bertz CT molecular complexity index is 903. The number of hydrogen-bond donors (Lipinski definition) is 0. The minimum Gasteiger partial charge on any atom is -0.488 e. The first kappa shape index (κ1) is 26.6. The lowest BCUT2D eigenvalue weighted by Gasteiger charge is -2.28. The molecule has 6 heteroatoms. The van der Waals surface area contributed by atoms with E-state index in [4.69, 9.17) is 9.47 Å². The molecule has 1 unspecified atom stereocenters. The van der Waals surface area contributed by atoms with Gasteiger partial charge in [0.1, 0.15) is 24.7 Å². The number of likely N-dealkylation sites (N-methyl/N-ethyl adjacent to an activating group) is 2. The fourth-order valence-corrected chi connectivity index (χ4v) is 3.87. The minimum atomic E-state index is -0.287. The molecule has 0 aliphatic heterocycles. The van der Waals surface area contributed by atoms with Crippen LogP contribution in [-0.4, -0.2) is 75.0 Å². The largest absolute Gasteiger partial charge is 0.488 e. The molecular formula is C27H38N2O4. The summed E-state index contributed by atoms with van der Waals surface area (Å²) in [6, 6.07) is 13.6. The molecule has 0 aliphatic carbocycles. The topological polar surface area (TPSA) is 59.1 Å². The van der Waals surface area contributed by atoms with Crippen LogP contribution in [0.1, 0.15) is 33.1 Å². The van der Waals surface area contributed by atoms with Crippen LogP contribution in [-0.2, 0) is 14.3 Å². The number of ether oxygens (including phenoxy) is 2. The van der Waals surface area contributed by atoms with E-state index in [0.29, 0.717) is 18.4 Å². The first-order chi connectivity index (χ1) is 16.0. The van der Waals surface area contributed by atoms with Crippen molar-refractivity contribution in [2.75, 3.05) is 46.9 Å². The lowest BCUT2D eigenvalue weighted by molar-refractivity contribution is -0.146. The number of hydrogen-bond acceptors (Lipinski definition) is 6. The zero-order valence-corrected chi connectivity index (χ0v) is 20.5. The molecule has 2 aromatic carbocycles. The molecule has 33 heavy (non-hydrogen) atoms. The number of carbonyl (C=O) groups excluding carboxylic acids is 2. The summed E-state index contributed by atoms with van der Waals surface area (Å²) >= 11 is 0. The van der Waals surface area contributed by atoms with Crippen molar-refractivity contribution in [3.63, 3.8) is 0 Å². The molecule has 1 atom stereocenters. The van der Waals surface area contributed by atoms with E-state index in [-0.39, 0.29) is 18.6 Å². The van der Waals surface area contributed by atoms with Crippen LogP contribution >= 0.6 is 0 Å². The van der Waals surface area contributed by atoms with Crippen LogP contribution in [0.2, 0.25) is 0 Å². The average Bonchev–Trinajstić information content (AvgIpc) is 2.85. The number of nitrogens with zero attached hydrogens (tertiary/aromatic N) is 2. The van der Waals surface area contributed by atoms with E-state index >= 15 is 0 Å². The highest BCUT2D eigenvalue weighted by molar-refractivity contribution is 5.88. The number of allylic oxidation sites excluding steroid dienone is 1. The Morgan fingerprint density at radius 3 is 2.48 bits per heavy atom. The normalized spacial score (nSPS) is 12.8. The van der Waals surface area contributed by atoms with Crippen molar-refractivity contribution in [2.45, 2.75) is 39.2 Å². The summed E-state index contributed by atoms with van der Waals surface area (Å²) in [6.07, 6.45) is 4.90. The molecule has 0 amide bonds. The van der Waals surface area contributed by atoms with Gasteiger partial charge in [-0.25, -0.2) is 0 Å². The highest BCUT2D eigenvalue weighted by atomic mass is 16.5. The standard InChI is InChI=1S/C27H38N2O4/c1-5-29(6-2)19-18-28(3)25(27(31)32-4)16-10-7-12-22(20-30)21-33-26-17-11-14-23-13-8-9-15-24(23)26/h8-9,11-15,17,20,25H,5-7,10,16,18-19,21H2,1-4H3. The summed E-state index contributed by atoms with van der Waals surface area (Å²) in [6.45, 7) is 8.21. The lowest BCUT2D eigenvalue weighted by Crippen LogP contribution is -2.43. The van der Waals surface area contributed by atoms with E-state index in [0.717, 1.165) is 55.4 Å². The third-order valence-corrected chi connectivity index (χ3v) is 6.05. The number of rotatable bonds is 15. The number of aldehydes is 1. The zero-order chi connectivity index (χ0) is 24.1. The molecule has 0 aliphatic rings. The number of benzene rings is 2. The number of esters is 1. The summed E-state index contributed by atoms with van der Waals surface area (Å²) in [5, 5.41) is 2.13. The van der Waals surface area contributed by atoms with E-state index in [1.807, 2.05) is 55.6 Å². The molecule has 2 rings (SSSR count). The molecule has 0 bridgehead atoms. The van der Waals surface area contributed by atoms with E-state index in [9.17, 15) is 9.59 Å². The quantitative estimate of drug-likeness (QED) is 0.173. The van der Waals surface area contributed by atoms with Gasteiger partial charge < -0.3 is 14.4 Å². The maximum Gasteiger partial charge on any atom is 0.323 e. The highest BCUT2D eigenvalue weighted by Crippen LogP contribution is 2.25. The van der Waals surface area contributed by atoms with Gasteiger partial charge in [-0.05, 0) is 50.9 Å². The van der Waals surface area contributed by atoms with Gasteiger partial charge in [0.15, 0.2) is 0 Å². The van der Waals surface area contributed by atoms with E-state index in [1.165, 1.54) is 7.11 Å². The smallest absolute Gasteiger partial charge is 0.323 e. The molecular weight excluding hydrogens is 416 g/mol. The van der Waals surface area contributed by atoms with E-state index < -0.39 is 0 Å². The molecule has 0 heterocycles. The van der Waals surface area contributed by atoms with Gasteiger partial charge in [-0.15, -0.1) is 0 Å². The number of fused-ring (bicyclic) bond motifs is 1. The molecule has 2 aromatic rings. The van der Waals surface area contributed by atoms with Gasteiger partial charge in [-0.2, -0.15) is 0 Å². The Morgan fingerprint density at radius 1 is 1.06 bits per heavy atom. The first-order valence-corrected chi connectivity index (χ1v) is 11.8. The molecule has 0 aromatic heterocycles. The van der Waals surface area contributed by atoms with Crippen LogP contribution < -0.4 is 4.74 Å². The number of methoxy groups -OCH3 is 1. The van der Waals surface area contributed by atoms with Gasteiger partial charge in [0.05, 0.1) is 7.11 Å². The Hall–Kier alpha value is -2.70. The van der Waals surface area contributed by atoms with E-state index in [1.54, 1.807) is 0 Å². The van der Waals surface area contributed by atoms with Crippen molar-refractivity contribution in [3.8, 4) is 5.75 Å². The Balaban J connectivity index is 1.89. The molecule has 180 valence electrons. The first-order valence-electron chi connectivity index (χ1n) is 11.8. The van der Waals surface area contributed by atoms with Crippen molar-refractivity contribution in [1.82, 2.24) is 9.80 Å². The van der Waals surface area contributed by atoms with Crippen molar-refractivity contribution in [1.29, 1.82) is 0 Å². The van der Waals surface area contributed by atoms with Crippen LogP contribution in [0.25, 0.3) is 10.8 Å². The Kier molecular flexibility index (Phi) is 11.6. The molecule has 0 saturated carbocycles. The number of carbonyl (C=O) groups is 2. The second kappa shape index (κ2) is 14.4. The fraction of sp³-hybridized carbons (Fsp3) is 0.481. The second-order valence-electron chi connectivity index (χ2n) is 8.14. The van der Waals surface area contributed by atoms with Crippen LogP contribution in [0, 0.1) is 0 Å². The Morgan fingerprint density at radius 2 is 1.79 bits per heavy atom. The predicted octanol–water partition coefficient (Wildman–Crippen LogP) is 4.33. The summed E-state index contributed by atoms with van der Waals surface area (Å²) < 4.78 is 11.0. The summed E-state index contributed by atoms with van der Waals surface area (Å²) in [7, 11) is 3.40. The van der Waals surface area contributed by atoms with Crippen LogP contribution in [0.4, 0.5) is 0 Å². The van der Waals surface area contributed by atoms with Crippen LogP contribution in [0.3, 0.4) is 0 Å². The monoisotopic (exact) mass is 454 g/mol. The van der Waals surface area contributed by atoms with Crippen molar-refractivity contribution >= 4 is 23.0 Å². The summed E-state index contributed by atoms with van der Waals surface area (Å²) in [5.41, 5.74) is 0.604. The molecule has 0 fully saturated rings. The average molecular weight is 455 g/mol. The van der Waals surface area contributed by atoms with E-state index in [2.05, 4.69) is 23.6 Å². The molecule has 0 radical (unpaired) electrons. The maximum absolute atomic E-state index is 12.3. The third-order valence-electron chi connectivity index (χ3n) is 6.05. The lowest BCUT2D eigenvalue weighted by atomic mass is 10.1. The van der Waals surface area contributed by atoms with Gasteiger partial charge in [-0.1, -0.05) is 56.3 Å². The molecule has 0 spiro atoms. The molecule has 0 N–H and O–H groups in total. The predicted molar refractivity (Wildman–Crippen MR) is 134 cm³/mol. The van der Waals surface area contributed by atoms with Gasteiger partial charge in [0.2, 0.25) is 0 Å². The SMILES string of the molecule is CCN(CC)CCN(C)C(CCCC=C(C=O)COc1cccc2ccccc12)C(=O)OC. The maximum atomic E-state index is 12.3.